The van der Waals surface area contributed by atoms with E-state index in [1.165, 1.54) is 0 Å². The molecule has 2 saturated heterocycles. The maximum absolute atomic E-state index is 14.4. The number of para-hydroxylation sites is 1. The standard InChI is InChI=1S/C29H31F3N8O3.O2S/c1-37-7-9-38(10-8-37)18-20-15-24-27(39-11-13-42-14-12-39)35-26(36-40(24)19-20)22-17-33-25(16-23(22)29(30,31)32)34-28(41)43-21-5-3-2-4-6-21;1-3-2/h2-6,15-17,19H,7-14,18H2,1H3,(H,33,34,41);. The molecule has 244 valence electrons. The normalized spacial score (nSPS) is 16.0. The summed E-state index contributed by atoms with van der Waals surface area (Å²) < 4.78 is 72.0. The highest BCUT2D eigenvalue weighted by atomic mass is 32.1. The SMILES string of the molecule is CN1CCN(Cc2cc3c(N4CCOCC4)nc(-c4cnc(NC(=O)Oc5ccccc5)cc4C(F)(F)F)nn3c2)CC1.O=S=O. The Balaban J connectivity index is 0.00000134. The molecule has 2 aliphatic rings. The molecule has 17 heteroatoms. The highest BCUT2D eigenvalue weighted by Gasteiger charge is 2.36. The Morgan fingerprint density at radius 3 is 2.41 bits per heavy atom. The minimum Gasteiger partial charge on any atom is -0.410 e. The van der Waals surface area contributed by atoms with Gasteiger partial charge in [0.1, 0.15) is 17.1 Å². The third-order valence-electron chi connectivity index (χ3n) is 7.45. The molecule has 0 atom stereocenters. The van der Waals surface area contributed by atoms with Crippen LogP contribution in [0.2, 0.25) is 0 Å². The first-order valence-corrected chi connectivity index (χ1v) is 15.0. The average molecular weight is 661 g/mol. The summed E-state index contributed by atoms with van der Waals surface area (Å²) in [5.74, 6) is 0.319. The number of carbonyl (C=O) groups excluding carboxylic acids is 1. The Bertz CT molecular complexity index is 1690. The number of rotatable bonds is 6. The van der Waals surface area contributed by atoms with Gasteiger partial charge < -0.3 is 19.3 Å². The maximum atomic E-state index is 14.4. The van der Waals surface area contributed by atoms with E-state index in [4.69, 9.17) is 17.9 Å². The van der Waals surface area contributed by atoms with Gasteiger partial charge >= 0.3 is 23.8 Å². The number of pyridine rings is 1. The van der Waals surface area contributed by atoms with Gasteiger partial charge in [0.25, 0.3) is 0 Å². The molecule has 6 rings (SSSR count). The molecule has 1 N–H and O–H groups in total. The molecule has 0 radical (unpaired) electrons. The summed E-state index contributed by atoms with van der Waals surface area (Å²) in [4.78, 5) is 27.7. The quantitative estimate of drug-likeness (QED) is 0.327. The number of hydrogen-bond donors (Lipinski definition) is 1. The maximum Gasteiger partial charge on any atom is 0.418 e. The predicted octanol–water partition coefficient (Wildman–Crippen LogP) is 3.33. The fourth-order valence-corrected chi connectivity index (χ4v) is 5.17. The number of halogens is 3. The summed E-state index contributed by atoms with van der Waals surface area (Å²) in [6.45, 7) is 6.54. The Morgan fingerprint density at radius 2 is 1.74 bits per heavy atom. The first kappa shape index (κ1) is 32.9. The van der Waals surface area contributed by atoms with Crippen molar-refractivity contribution in [3.63, 3.8) is 0 Å². The highest BCUT2D eigenvalue weighted by Crippen LogP contribution is 2.38. The van der Waals surface area contributed by atoms with Crippen LogP contribution in [0.5, 0.6) is 5.75 Å². The molecule has 0 aliphatic carbocycles. The first-order chi connectivity index (χ1) is 22.1. The minimum atomic E-state index is -4.78. The number of piperazine rings is 1. The number of alkyl halides is 3. The zero-order chi connectivity index (χ0) is 32.7. The fraction of sp³-hybridized carbons (Fsp3) is 0.379. The van der Waals surface area contributed by atoms with Crippen molar-refractivity contribution < 1.29 is 35.9 Å². The van der Waals surface area contributed by atoms with E-state index < -0.39 is 29.4 Å². The number of aromatic nitrogens is 4. The Labute approximate surface area is 265 Å². The van der Waals surface area contributed by atoms with Crippen LogP contribution in [0, 0.1) is 0 Å². The van der Waals surface area contributed by atoms with Crippen molar-refractivity contribution in [3.8, 4) is 17.1 Å². The fourth-order valence-electron chi connectivity index (χ4n) is 5.17. The van der Waals surface area contributed by atoms with Gasteiger partial charge in [-0.3, -0.25) is 10.2 Å². The van der Waals surface area contributed by atoms with Crippen molar-refractivity contribution in [2.45, 2.75) is 12.7 Å². The van der Waals surface area contributed by atoms with Gasteiger partial charge in [-0.05, 0) is 36.9 Å². The molecule has 0 spiro atoms. The number of nitrogens with zero attached hydrogens (tertiary/aromatic N) is 7. The number of amides is 1. The molecule has 1 aromatic carbocycles. The zero-order valence-corrected chi connectivity index (χ0v) is 25.6. The van der Waals surface area contributed by atoms with E-state index in [1.54, 1.807) is 34.8 Å². The summed E-state index contributed by atoms with van der Waals surface area (Å²) in [6, 6.07) is 10.9. The van der Waals surface area contributed by atoms with Crippen molar-refractivity contribution in [2.24, 2.45) is 0 Å². The molecule has 0 unspecified atom stereocenters. The number of morpholine rings is 1. The van der Waals surface area contributed by atoms with Gasteiger partial charge in [0.15, 0.2) is 11.6 Å². The second-order valence-corrected chi connectivity index (χ2v) is 10.8. The number of carbonyl (C=O) groups is 1. The lowest BCUT2D eigenvalue weighted by Gasteiger charge is -2.32. The monoisotopic (exact) mass is 660 g/mol. The highest BCUT2D eigenvalue weighted by molar-refractivity contribution is 7.51. The number of likely N-dealkylation sites (N-methyl/N-ethyl adjacent to an activating group) is 1. The lowest BCUT2D eigenvalue weighted by Crippen LogP contribution is -2.43. The van der Waals surface area contributed by atoms with Crippen LogP contribution < -0.4 is 15.0 Å². The van der Waals surface area contributed by atoms with Gasteiger partial charge in [0.2, 0.25) is 0 Å². The lowest BCUT2D eigenvalue weighted by molar-refractivity contribution is -0.137. The number of ether oxygens (including phenoxy) is 2. The lowest BCUT2D eigenvalue weighted by atomic mass is 10.1. The van der Waals surface area contributed by atoms with Gasteiger partial charge in [-0.2, -0.15) is 21.6 Å². The summed E-state index contributed by atoms with van der Waals surface area (Å²) in [6.07, 6.45) is -2.87. The third-order valence-corrected chi connectivity index (χ3v) is 7.45. The first-order valence-electron chi connectivity index (χ1n) is 14.3. The molecule has 1 amide bonds. The Kier molecular flexibility index (Phi) is 10.6. The molecule has 2 fully saturated rings. The van der Waals surface area contributed by atoms with Gasteiger partial charge in [-0.25, -0.2) is 19.3 Å². The number of nitrogens with one attached hydrogen (secondary N) is 1. The second kappa shape index (κ2) is 14.8. The van der Waals surface area contributed by atoms with Crippen LogP contribution in [0.15, 0.2) is 54.9 Å². The molecule has 2 aliphatic heterocycles. The van der Waals surface area contributed by atoms with Crippen LogP contribution in [-0.4, -0.2) is 103 Å². The van der Waals surface area contributed by atoms with Crippen molar-refractivity contribution >= 4 is 34.8 Å². The predicted molar refractivity (Wildman–Crippen MR) is 162 cm³/mol. The molecule has 3 aromatic heterocycles. The van der Waals surface area contributed by atoms with E-state index >= 15 is 0 Å². The Hall–Kier alpha value is -4.45. The molecule has 0 saturated carbocycles. The van der Waals surface area contributed by atoms with Crippen LogP contribution >= 0.6 is 0 Å². The largest absolute Gasteiger partial charge is 0.418 e. The molecule has 13 nitrogen and oxygen atoms in total. The zero-order valence-electron chi connectivity index (χ0n) is 24.8. The molecular weight excluding hydrogens is 629 g/mol. The van der Waals surface area contributed by atoms with Crippen molar-refractivity contribution in [1.29, 1.82) is 0 Å². The van der Waals surface area contributed by atoms with Crippen molar-refractivity contribution in [2.75, 3.05) is 69.7 Å². The Morgan fingerprint density at radius 1 is 1.04 bits per heavy atom. The van der Waals surface area contributed by atoms with Gasteiger partial charge in [-0.1, -0.05) is 18.2 Å². The molecule has 4 aromatic rings. The summed E-state index contributed by atoms with van der Waals surface area (Å²) in [5, 5.41) is 6.79. The van der Waals surface area contributed by atoms with E-state index in [2.05, 4.69) is 37.2 Å². The van der Waals surface area contributed by atoms with E-state index in [0.717, 1.165) is 44.0 Å². The average Bonchev–Trinajstić information content (AvgIpc) is 3.45. The van der Waals surface area contributed by atoms with Crippen LogP contribution in [0.4, 0.5) is 29.6 Å². The van der Waals surface area contributed by atoms with Gasteiger partial charge in [0, 0.05) is 58.2 Å². The molecule has 5 heterocycles. The molecular formula is C29H31F3N8O5S. The smallest absolute Gasteiger partial charge is 0.410 e. The van der Waals surface area contributed by atoms with Crippen LogP contribution in [0.1, 0.15) is 11.1 Å². The van der Waals surface area contributed by atoms with E-state index in [9.17, 15) is 18.0 Å². The van der Waals surface area contributed by atoms with E-state index in [-0.39, 0.29) is 23.0 Å². The molecule has 0 bridgehead atoms. The summed E-state index contributed by atoms with van der Waals surface area (Å²) in [7, 11) is 2.10. The van der Waals surface area contributed by atoms with Crippen LogP contribution in [-0.2, 0) is 29.0 Å². The van der Waals surface area contributed by atoms with E-state index in [1.807, 2.05) is 17.2 Å². The molecule has 46 heavy (non-hydrogen) atoms. The van der Waals surface area contributed by atoms with Crippen molar-refractivity contribution in [1.82, 2.24) is 29.4 Å². The van der Waals surface area contributed by atoms with E-state index in [0.29, 0.717) is 44.2 Å². The number of fused-ring (bicyclic) bond motifs is 1. The minimum absolute atomic E-state index is 0.131. The second-order valence-electron chi connectivity index (χ2n) is 10.6. The summed E-state index contributed by atoms with van der Waals surface area (Å²) in [5.41, 5.74) is 0.365. The van der Waals surface area contributed by atoms with Crippen molar-refractivity contribution in [3.05, 3.63) is 66.0 Å². The van der Waals surface area contributed by atoms with Crippen LogP contribution in [0.25, 0.3) is 16.9 Å². The number of benzene rings is 1. The van der Waals surface area contributed by atoms with Crippen LogP contribution in [0.3, 0.4) is 0 Å². The van der Waals surface area contributed by atoms with Gasteiger partial charge in [-0.15, -0.1) is 5.10 Å². The summed E-state index contributed by atoms with van der Waals surface area (Å²) >= 11 is -0.750. The van der Waals surface area contributed by atoms with Gasteiger partial charge in [0.05, 0.1) is 24.3 Å². The number of hydrogen-bond acceptors (Lipinski definition) is 11. The number of anilines is 2. The third kappa shape index (κ3) is 8.22. The topological polar surface area (TPSA) is 134 Å².